The molecule has 0 saturated carbocycles. The number of ether oxygens (including phenoxy) is 1. The largest absolute Gasteiger partial charge is 0.434 e. The minimum absolute atomic E-state index is 0.196. The predicted molar refractivity (Wildman–Crippen MR) is 80.1 cm³/mol. The Labute approximate surface area is 137 Å². The molecule has 1 unspecified atom stereocenters. The number of carbonyl (C=O) groups is 1. The molecule has 1 saturated heterocycles. The van der Waals surface area contributed by atoms with E-state index in [1.807, 2.05) is 0 Å². The van der Waals surface area contributed by atoms with Gasteiger partial charge >= 0.3 is 12.3 Å². The Kier molecular flexibility index (Phi) is 5.41. The van der Waals surface area contributed by atoms with Crippen LogP contribution in [0.3, 0.4) is 0 Å². The van der Waals surface area contributed by atoms with E-state index in [-0.39, 0.29) is 5.56 Å². The van der Waals surface area contributed by atoms with Gasteiger partial charge in [-0.25, -0.2) is 4.79 Å². The number of benzene rings is 1. The lowest BCUT2D eigenvalue weighted by Crippen LogP contribution is -2.55. The molecule has 2 N–H and O–H groups in total. The van der Waals surface area contributed by atoms with Crippen molar-refractivity contribution in [3.05, 3.63) is 34.9 Å². The van der Waals surface area contributed by atoms with Crippen molar-refractivity contribution in [1.82, 2.24) is 4.90 Å². The Bertz CT molecular complexity index is 545. The van der Waals surface area contributed by atoms with Gasteiger partial charge in [-0.15, -0.1) is 0 Å². The summed E-state index contributed by atoms with van der Waals surface area (Å²) in [5.41, 5.74) is 1.94. The molecule has 1 aliphatic rings. The fourth-order valence-electron chi connectivity index (χ4n) is 2.82. The zero-order valence-corrected chi connectivity index (χ0v) is 13.2. The van der Waals surface area contributed by atoms with Gasteiger partial charge in [-0.2, -0.15) is 13.2 Å². The molecular formula is C15H18ClF3N2O2. The van der Waals surface area contributed by atoms with Gasteiger partial charge in [0.25, 0.3) is 0 Å². The van der Waals surface area contributed by atoms with Crippen LogP contribution in [0.25, 0.3) is 0 Å². The van der Waals surface area contributed by atoms with Crippen molar-refractivity contribution in [3.8, 4) is 0 Å². The molecule has 0 aromatic heterocycles. The first-order valence-corrected chi connectivity index (χ1v) is 7.66. The standard InChI is InChI=1S/C15H18ClF3N2O2/c16-12-6-4-11(5-7-12)14(15(17,18)19,23-13(20)22)10-21-8-2-1-3-9-21/h4-7H,1-3,8-10H2,(H2,20,22). The fraction of sp³-hybridized carbons (Fsp3) is 0.533. The number of halogens is 4. The predicted octanol–water partition coefficient (Wildman–Crippen LogP) is 3.68. The number of nitrogens with zero attached hydrogens (tertiary/aromatic N) is 1. The smallest absolute Gasteiger partial charge is 0.427 e. The van der Waals surface area contributed by atoms with Gasteiger partial charge in [0.1, 0.15) is 0 Å². The van der Waals surface area contributed by atoms with E-state index >= 15 is 0 Å². The number of alkyl halides is 3. The van der Waals surface area contributed by atoms with Gasteiger partial charge in [0.05, 0.1) is 6.54 Å². The lowest BCUT2D eigenvalue weighted by Gasteiger charge is -2.40. The third kappa shape index (κ3) is 4.09. The summed E-state index contributed by atoms with van der Waals surface area (Å²) in [5.74, 6) is 0. The Morgan fingerprint density at radius 2 is 1.74 bits per heavy atom. The molecule has 0 bridgehead atoms. The summed E-state index contributed by atoms with van der Waals surface area (Å²) in [6.07, 6.45) is -3.68. The van der Waals surface area contributed by atoms with Crippen LogP contribution in [-0.4, -0.2) is 36.8 Å². The maximum absolute atomic E-state index is 13.9. The summed E-state index contributed by atoms with van der Waals surface area (Å²) in [6.45, 7) is 0.558. The summed E-state index contributed by atoms with van der Waals surface area (Å²) in [4.78, 5) is 12.8. The van der Waals surface area contributed by atoms with Crippen LogP contribution >= 0.6 is 11.6 Å². The Balaban J connectivity index is 2.44. The zero-order chi connectivity index (χ0) is 17.1. The highest BCUT2D eigenvalue weighted by Gasteiger charge is 2.60. The van der Waals surface area contributed by atoms with Crippen LogP contribution in [0.5, 0.6) is 0 Å². The zero-order valence-electron chi connectivity index (χ0n) is 12.4. The molecule has 1 aromatic carbocycles. The lowest BCUT2D eigenvalue weighted by molar-refractivity contribution is -0.269. The van der Waals surface area contributed by atoms with E-state index in [1.165, 1.54) is 24.3 Å². The van der Waals surface area contributed by atoms with E-state index in [9.17, 15) is 18.0 Å². The van der Waals surface area contributed by atoms with E-state index in [1.54, 1.807) is 4.90 Å². The number of piperidine rings is 1. The minimum atomic E-state index is -4.81. The lowest BCUT2D eigenvalue weighted by atomic mass is 9.91. The quantitative estimate of drug-likeness (QED) is 0.901. The van der Waals surface area contributed by atoms with Crippen LogP contribution < -0.4 is 5.73 Å². The van der Waals surface area contributed by atoms with Crippen molar-refractivity contribution < 1.29 is 22.7 Å². The normalized spacial score (nSPS) is 19.1. The van der Waals surface area contributed by atoms with Crippen LogP contribution in [0.15, 0.2) is 24.3 Å². The molecule has 1 fully saturated rings. The highest BCUT2D eigenvalue weighted by molar-refractivity contribution is 6.30. The van der Waals surface area contributed by atoms with Crippen molar-refractivity contribution in [1.29, 1.82) is 0 Å². The number of hydrogen-bond acceptors (Lipinski definition) is 3. The van der Waals surface area contributed by atoms with Gasteiger partial charge in [0, 0.05) is 10.6 Å². The number of hydrogen-bond donors (Lipinski definition) is 1. The van der Waals surface area contributed by atoms with Gasteiger partial charge in [0.15, 0.2) is 0 Å². The summed E-state index contributed by atoms with van der Waals surface area (Å²) < 4.78 is 46.3. The van der Waals surface area contributed by atoms with Gasteiger partial charge in [-0.05, 0) is 38.1 Å². The third-order valence-electron chi connectivity index (χ3n) is 3.94. The van der Waals surface area contributed by atoms with Crippen molar-refractivity contribution in [2.75, 3.05) is 19.6 Å². The summed E-state index contributed by atoms with van der Waals surface area (Å²) in [7, 11) is 0. The van der Waals surface area contributed by atoms with E-state index in [0.717, 1.165) is 19.3 Å². The molecule has 1 heterocycles. The van der Waals surface area contributed by atoms with Crippen LogP contribution in [0.2, 0.25) is 5.02 Å². The maximum Gasteiger partial charge on any atom is 0.434 e. The van der Waals surface area contributed by atoms with Gasteiger partial charge in [0.2, 0.25) is 5.60 Å². The van der Waals surface area contributed by atoms with Gasteiger partial charge < -0.3 is 10.5 Å². The van der Waals surface area contributed by atoms with Gasteiger partial charge in [-0.3, -0.25) is 4.90 Å². The minimum Gasteiger partial charge on any atom is -0.427 e. The molecule has 1 atom stereocenters. The van der Waals surface area contributed by atoms with Crippen molar-refractivity contribution >= 4 is 17.7 Å². The molecule has 4 nitrogen and oxygen atoms in total. The molecule has 23 heavy (non-hydrogen) atoms. The van der Waals surface area contributed by atoms with Crippen LogP contribution in [-0.2, 0) is 10.3 Å². The summed E-state index contributed by atoms with van der Waals surface area (Å²) >= 11 is 5.75. The highest BCUT2D eigenvalue weighted by Crippen LogP contribution is 2.43. The summed E-state index contributed by atoms with van der Waals surface area (Å²) in [5, 5.41) is 0.293. The van der Waals surface area contributed by atoms with Crippen LogP contribution in [0.1, 0.15) is 24.8 Å². The Morgan fingerprint density at radius 1 is 1.17 bits per heavy atom. The first kappa shape index (κ1) is 17.9. The fourth-order valence-corrected chi connectivity index (χ4v) is 2.94. The molecule has 8 heteroatoms. The first-order chi connectivity index (χ1) is 10.7. The van der Waals surface area contributed by atoms with Crippen molar-refractivity contribution in [3.63, 3.8) is 0 Å². The number of nitrogens with two attached hydrogens (primary N) is 1. The van der Waals surface area contributed by atoms with Crippen molar-refractivity contribution in [2.45, 2.75) is 31.0 Å². The Hall–Kier alpha value is -1.47. The highest BCUT2D eigenvalue weighted by atomic mass is 35.5. The number of amides is 1. The first-order valence-electron chi connectivity index (χ1n) is 7.28. The van der Waals surface area contributed by atoms with E-state index in [4.69, 9.17) is 17.3 Å². The molecule has 1 amide bonds. The SMILES string of the molecule is NC(=O)OC(CN1CCCCC1)(c1ccc(Cl)cc1)C(F)(F)F. The average molecular weight is 351 g/mol. The van der Waals surface area contributed by atoms with E-state index in [2.05, 4.69) is 4.74 Å². The molecule has 1 aromatic rings. The molecule has 2 rings (SSSR count). The summed E-state index contributed by atoms with van der Waals surface area (Å²) in [6, 6.07) is 5.08. The molecule has 0 radical (unpaired) electrons. The number of rotatable bonds is 4. The molecule has 1 aliphatic heterocycles. The van der Waals surface area contributed by atoms with Crippen molar-refractivity contribution in [2.24, 2.45) is 5.73 Å². The monoisotopic (exact) mass is 350 g/mol. The molecule has 0 spiro atoms. The second kappa shape index (κ2) is 6.97. The van der Waals surface area contributed by atoms with Crippen LogP contribution in [0, 0.1) is 0 Å². The van der Waals surface area contributed by atoms with E-state index < -0.39 is 24.4 Å². The molecular weight excluding hydrogens is 333 g/mol. The third-order valence-corrected chi connectivity index (χ3v) is 4.19. The molecule has 128 valence electrons. The number of likely N-dealkylation sites (tertiary alicyclic amines) is 1. The topological polar surface area (TPSA) is 55.6 Å². The van der Waals surface area contributed by atoms with Crippen LogP contribution in [0.4, 0.5) is 18.0 Å². The second-order valence-electron chi connectivity index (χ2n) is 5.59. The maximum atomic E-state index is 13.9. The second-order valence-corrected chi connectivity index (χ2v) is 6.03. The average Bonchev–Trinajstić information content (AvgIpc) is 2.46. The number of primary amides is 1. The number of carbonyl (C=O) groups excluding carboxylic acids is 1. The van der Waals surface area contributed by atoms with E-state index in [0.29, 0.717) is 18.1 Å². The van der Waals surface area contributed by atoms with Gasteiger partial charge in [-0.1, -0.05) is 30.2 Å². The Morgan fingerprint density at radius 3 is 2.22 bits per heavy atom. The molecule has 0 aliphatic carbocycles.